The smallest absolute Gasteiger partial charge is 0.336 e. The summed E-state index contributed by atoms with van der Waals surface area (Å²) in [6.45, 7) is 0.0835. The number of urea groups is 1. The van der Waals surface area contributed by atoms with Gasteiger partial charge in [0.15, 0.2) is 10.1 Å². The van der Waals surface area contributed by atoms with E-state index < -0.39 is 32.9 Å². The molecule has 134 valence electrons. The van der Waals surface area contributed by atoms with Crippen LogP contribution in [-0.4, -0.2) is 57.4 Å². The number of nitrogens with one attached hydrogen (secondary N) is 2. The second-order valence-electron chi connectivity index (χ2n) is 5.35. The van der Waals surface area contributed by atoms with Crippen LogP contribution in [0.15, 0.2) is 23.1 Å². The van der Waals surface area contributed by atoms with Gasteiger partial charge in [-0.15, -0.1) is 0 Å². The number of hydrogen-bond donors (Lipinski definition) is 2. The van der Waals surface area contributed by atoms with Crippen LogP contribution in [0.5, 0.6) is 0 Å². The SMILES string of the molecule is CNC(=S)N1CCc2cc(S(=O)(=O)N3CC(=S(=O)=O)NC3=O)ccc21. The van der Waals surface area contributed by atoms with E-state index in [9.17, 15) is 21.6 Å². The summed E-state index contributed by atoms with van der Waals surface area (Å²) in [5, 5.41) is 5.45. The van der Waals surface area contributed by atoms with E-state index in [1.165, 1.54) is 12.1 Å². The third-order valence-electron chi connectivity index (χ3n) is 3.95. The number of amides is 2. The highest BCUT2D eigenvalue weighted by Crippen LogP contribution is 2.31. The van der Waals surface area contributed by atoms with Crippen LogP contribution in [0, 0.1) is 0 Å². The average molecular weight is 402 g/mol. The molecule has 3 rings (SSSR count). The molecule has 0 unspecified atom stereocenters. The minimum atomic E-state index is -4.16. The molecule has 0 atom stereocenters. The number of rotatable bonds is 2. The molecule has 2 amide bonds. The molecule has 1 saturated heterocycles. The van der Waals surface area contributed by atoms with Gasteiger partial charge in [-0.25, -0.2) is 17.5 Å². The van der Waals surface area contributed by atoms with Crippen molar-refractivity contribution in [3.63, 3.8) is 0 Å². The first-order valence-electron chi connectivity index (χ1n) is 7.16. The summed E-state index contributed by atoms with van der Waals surface area (Å²) >= 11 is 5.21. The molecule has 0 aromatic heterocycles. The largest absolute Gasteiger partial charge is 0.365 e. The van der Waals surface area contributed by atoms with Crippen molar-refractivity contribution in [1.29, 1.82) is 0 Å². The first-order chi connectivity index (χ1) is 11.8. The molecule has 2 aliphatic rings. The Balaban J connectivity index is 1.97. The minimum absolute atomic E-state index is 0.0726. The monoisotopic (exact) mass is 402 g/mol. The zero-order valence-electron chi connectivity index (χ0n) is 13.0. The zero-order chi connectivity index (χ0) is 18.4. The number of thiocarbonyl (C=S) groups is 1. The Morgan fingerprint density at radius 3 is 2.68 bits per heavy atom. The van der Waals surface area contributed by atoms with Crippen LogP contribution in [0.2, 0.25) is 0 Å². The van der Waals surface area contributed by atoms with E-state index in [0.717, 1.165) is 11.3 Å². The Morgan fingerprint density at radius 1 is 1.36 bits per heavy atom. The number of carbonyl (C=O) groups excluding carboxylic acids is 1. The number of fused-ring (bicyclic) bond motifs is 1. The molecular formula is C13H14N4O5S3. The molecule has 0 saturated carbocycles. The summed E-state index contributed by atoms with van der Waals surface area (Å²) in [6.07, 6.45) is 0.606. The summed E-state index contributed by atoms with van der Waals surface area (Å²) in [7, 11) is -5.14. The number of benzene rings is 1. The Kier molecular flexibility index (Phi) is 4.43. The van der Waals surface area contributed by atoms with Crippen LogP contribution in [0.3, 0.4) is 0 Å². The number of hydrogen-bond acceptors (Lipinski definition) is 6. The summed E-state index contributed by atoms with van der Waals surface area (Å²) in [5.41, 5.74) is 1.59. The van der Waals surface area contributed by atoms with Crippen molar-refractivity contribution in [2.75, 3.05) is 25.0 Å². The van der Waals surface area contributed by atoms with Gasteiger partial charge in [-0.2, -0.15) is 8.42 Å². The quantitative estimate of drug-likeness (QED) is 0.623. The number of anilines is 1. The fraction of sp³-hybridized carbons (Fsp3) is 0.308. The second-order valence-corrected chi connectivity index (χ2v) is 8.56. The van der Waals surface area contributed by atoms with Crippen molar-refractivity contribution in [1.82, 2.24) is 14.9 Å². The summed E-state index contributed by atoms with van der Waals surface area (Å²) in [5.74, 6) is 0. The minimum Gasteiger partial charge on any atom is -0.365 e. The van der Waals surface area contributed by atoms with E-state index in [2.05, 4.69) is 5.32 Å². The molecule has 12 heteroatoms. The molecule has 1 aromatic carbocycles. The molecule has 1 fully saturated rings. The van der Waals surface area contributed by atoms with Gasteiger partial charge in [0.25, 0.3) is 10.0 Å². The number of carbonyl (C=O) groups is 1. The van der Waals surface area contributed by atoms with E-state index in [1.54, 1.807) is 13.1 Å². The Bertz CT molecular complexity index is 1010. The highest BCUT2D eigenvalue weighted by atomic mass is 32.2. The molecule has 0 aliphatic carbocycles. The first kappa shape index (κ1) is 17.6. The van der Waals surface area contributed by atoms with Crippen LogP contribution >= 0.6 is 12.2 Å². The lowest BCUT2D eigenvalue weighted by Crippen LogP contribution is -2.36. The van der Waals surface area contributed by atoms with Crippen molar-refractivity contribution < 1.29 is 21.6 Å². The lowest BCUT2D eigenvalue weighted by molar-refractivity contribution is 0.236. The van der Waals surface area contributed by atoms with Crippen LogP contribution in [0.1, 0.15) is 5.56 Å². The second kappa shape index (κ2) is 6.28. The molecule has 25 heavy (non-hydrogen) atoms. The predicted molar refractivity (Wildman–Crippen MR) is 95.5 cm³/mol. The zero-order valence-corrected chi connectivity index (χ0v) is 15.5. The van der Waals surface area contributed by atoms with Crippen LogP contribution < -0.4 is 15.5 Å². The van der Waals surface area contributed by atoms with Crippen LogP contribution in [-0.2, 0) is 26.7 Å². The highest BCUT2D eigenvalue weighted by molar-refractivity contribution is 7.89. The topological polar surface area (TPSA) is 116 Å². The van der Waals surface area contributed by atoms with Gasteiger partial charge in [0.05, 0.1) is 11.4 Å². The van der Waals surface area contributed by atoms with E-state index in [1.807, 2.05) is 10.2 Å². The number of nitrogens with zero attached hydrogens (tertiary/aromatic N) is 2. The number of sulfonamides is 1. The van der Waals surface area contributed by atoms with Gasteiger partial charge in [-0.3, -0.25) is 5.32 Å². The summed E-state index contributed by atoms with van der Waals surface area (Å²) in [6, 6.07) is 3.51. The van der Waals surface area contributed by atoms with E-state index in [4.69, 9.17) is 12.2 Å². The van der Waals surface area contributed by atoms with Gasteiger partial charge in [0, 0.05) is 19.3 Å². The van der Waals surface area contributed by atoms with Gasteiger partial charge in [-0.1, -0.05) is 0 Å². The third kappa shape index (κ3) is 2.96. The van der Waals surface area contributed by atoms with E-state index >= 15 is 0 Å². The Hall–Kier alpha value is -2.18. The van der Waals surface area contributed by atoms with Crippen molar-refractivity contribution in [2.24, 2.45) is 0 Å². The molecule has 2 aliphatic heterocycles. The summed E-state index contributed by atoms with van der Waals surface area (Å²) in [4.78, 5) is 13.2. The van der Waals surface area contributed by atoms with Gasteiger partial charge < -0.3 is 10.2 Å². The average Bonchev–Trinajstić information content (AvgIpc) is 3.17. The molecule has 9 nitrogen and oxygen atoms in total. The highest BCUT2D eigenvalue weighted by Gasteiger charge is 2.37. The molecule has 0 bridgehead atoms. The van der Waals surface area contributed by atoms with Gasteiger partial charge in [0.2, 0.25) is 10.3 Å². The van der Waals surface area contributed by atoms with Gasteiger partial charge in [-0.05, 0) is 42.4 Å². The van der Waals surface area contributed by atoms with E-state index in [-0.39, 0.29) is 9.88 Å². The van der Waals surface area contributed by atoms with E-state index in [0.29, 0.717) is 22.4 Å². The fourth-order valence-electron chi connectivity index (χ4n) is 2.72. The van der Waals surface area contributed by atoms with Gasteiger partial charge >= 0.3 is 6.03 Å². The van der Waals surface area contributed by atoms with Crippen LogP contribution in [0.4, 0.5) is 10.5 Å². The predicted octanol–water partition coefficient (Wildman–Crippen LogP) is -0.724. The van der Waals surface area contributed by atoms with Crippen molar-refractivity contribution >= 4 is 54.4 Å². The molecule has 2 heterocycles. The molecule has 1 aromatic rings. The molecule has 0 radical (unpaired) electrons. The summed E-state index contributed by atoms with van der Waals surface area (Å²) < 4.78 is 47.8. The van der Waals surface area contributed by atoms with Gasteiger partial charge in [0.1, 0.15) is 0 Å². The Labute approximate surface area is 151 Å². The standard InChI is InChI=1S/C13H14N4O5S3/c1-14-13(23)16-5-4-8-6-9(2-3-10(8)16)25(21,22)17-7-11(24(19)20)15-12(17)18/h2-3,6H,4-5,7H2,1H3,(H,14,23)(H,15,18). The van der Waals surface area contributed by atoms with Crippen molar-refractivity contribution in [3.8, 4) is 0 Å². The lowest BCUT2D eigenvalue weighted by Gasteiger charge is -2.20. The van der Waals surface area contributed by atoms with Crippen LogP contribution in [0.25, 0.3) is 0 Å². The molecular weight excluding hydrogens is 388 g/mol. The maximum absolute atomic E-state index is 12.7. The maximum Gasteiger partial charge on any atom is 0.336 e. The molecule has 0 spiro atoms. The first-order valence-corrected chi connectivity index (χ1v) is 10.1. The van der Waals surface area contributed by atoms with Crippen molar-refractivity contribution in [3.05, 3.63) is 23.8 Å². The van der Waals surface area contributed by atoms with Crippen molar-refractivity contribution in [2.45, 2.75) is 11.3 Å². The Morgan fingerprint density at radius 2 is 2.08 bits per heavy atom. The third-order valence-corrected chi connectivity index (χ3v) is 6.74. The normalized spacial score (nSPS) is 16.7. The maximum atomic E-state index is 12.7. The lowest BCUT2D eigenvalue weighted by atomic mass is 10.2. The molecule has 2 N–H and O–H groups in total. The fourth-order valence-corrected chi connectivity index (χ4v) is 4.75.